The van der Waals surface area contributed by atoms with Gasteiger partial charge in [-0.1, -0.05) is 18.9 Å². The molecule has 17 heavy (non-hydrogen) atoms. The molecule has 3 rings (SSSR count). The molecule has 2 nitrogen and oxygen atoms in total. The van der Waals surface area contributed by atoms with Gasteiger partial charge in [-0.05, 0) is 57.1 Å². The molecule has 1 aliphatic carbocycles. The van der Waals surface area contributed by atoms with Crippen LogP contribution in [0.1, 0.15) is 57.8 Å². The molecule has 96 valence electrons. The predicted molar refractivity (Wildman–Crippen MR) is 69.9 cm³/mol. The minimum absolute atomic E-state index is 0.431. The van der Waals surface area contributed by atoms with Gasteiger partial charge in [0.1, 0.15) is 5.60 Å². The molecule has 2 heteroatoms. The van der Waals surface area contributed by atoms with Crippen LogP contribution in [0.4, 0.5) is 0 Å². The Labute approximate surface area is 105 Å². The van der Waals surface area contributed by atoms with Crippen molar-refractivity contribution in [2.45, 2.75) is 69.4 Å². The Hall–Kier alpha value is -0.340. The lowest BCUT2D eigenvalue weighted by atomic mass is 9.80. The van der Waals surface area contributed by atoms with Gasteiger partial charge in [0.25, 0.3) is 0 Å². The van der Waals surface area contributed by atoms with Crippen LogP contribution in [0, 0.1) is 0 Å². The molecule has 0 saturated carbocycles. The van der Waals surface area contributed by atoms with Gasteiger partial charge < -0.3 is 5.11 Å². The molecule has 0 bridgehead atoms. The average molecular weight is 235 g/mol. The summed E-state index contributed by atoms with van der Waals surface area (Å²) in [5, 5.41) is 11.1. The van der Waals surface area contributed by atoms with Crippen LogP contribution >= 0.6 is 0 Å². The fourth-order valence-electron chi connectivity index (χ4n) is 4.06. The van der Waals surface area contributed by atoms with Crippen LogP contribution in [0.3, 0.4) is 0 Å². The van der Waals surface area contributed by atoms with Gasteiger partial charge in [0.05, 0.1) is 0 Å². The second kappa shape index (κ2) is 4.74. The van der Waals surface area contributed by atoms with Crippen molar-refractivity contribution in [2.24, 2.45) is 0 Å². The molecule has 2 unspecified atom stereocenters. The normalized spacial score (nSPS) is 39.6. The number of allylic oxidation sites excluding steroid dienone is 1. The lowest BCUT2D eigenvalue weighted by Gasteiger charge is -2.39. The van der Waals surface area contributed by atoms with Gasteiger partial charge in [-0.2, -0.15) is 0 Å². The summed E-state index contributed by atoms with van der Waals surface area (Å²) in [5.41, 5.74) is 0.912. The molecule has 2 atom stereocenters. The molecular formula is C15H25NO. The Balaban J connectivity index is 1.82. The van der Waals surface area contributed by atoms with Gasteiger partial charge in [0, 0.05) is 12.6 Å². The maximum Gasteiger partial charge on any atom is 0.102 e. The van der Waals surface area contributed by atoms with E-state index >= 15 is 0 Å². The number of hydrogen-bond acceptors (Lipinski definition) is 2. The van der Waals surface area contributed by atoms with E-state index in [-0.39, 0.29) is 0 Å². The highest BCUT2D eigenvalue weighted by atomic mass is 16.3. The molecular weight excluding hydrogens is 210 g/mol. The third-order valence-corrected chi connectivity index (χ3v) is 5.04. The molecule has 0 amide bonds. The van der Waals surface area contributed by atoms with Crippen LogP contribution in [0.25, 0.3) is 0 Å². The third-order valence-electron chi connectivity index (χ3n) is 5.04. The Bertz CT molecular complexity index is 312. The van der Waals surface area contributed by atoms with Crippen molar-refractivity contribution in [1.29, 1.82) is 0 Å². The number of hydrogen-bond donors (Lipinski definition) is 1. The number of nitrogens with zero attached hydrogens (tertiary/aromatic N) is 1. The quantitative estimate of drug-likeness (QED) is 0.706. The zero-order valence-corrected chi connectivity index (χ0v) is 10.8. The Morgan fingerprint density at radius 1 is 1.12 bits per heavy atom. The van der Waals surface area contributed by atoms with E-state index < -0.39 is 5.60 Å². The van der Waals surface area contributed by atoms with Gasteiger partial charge in [0.15, 0.2) is 0 Å². The zero-order chi connectivity index (χ0) is 11.7. The molecule has 0 aromatic heterocycles. The van der Waals surface area contributed by atoms with Crippen LogP contribution in [0.2, 0.25) is 0 Å². The van der Waals surface area contributed by atoms with Crippen LogP contribution in [-0.4, -0.2) is 34.7 Å². The Morgan fingerprint density at radius 3 is 3.00 bits per heavy atom. The van der Waals surface area contributed by atoms with Crippen LogP contribution in [-0.2, 0) is 0 Å². The summed E-state index contributed by atoms with van der Waals surface area (Å²) >= 11 is 0. The van der Waals surface area contributed by atoms with Crippen molar-refractivity contribution in [3.63, 3.8) is 0 Å². The second-order valence-corrected chi connectivity index (χ2v) is 6.05. The SMILES string of the molecule is OC1(C2=CCCCCC2)CCN2CCCCC21. The van der Waals surface area contributed by atoms with E-state index in [0.717, 1.165) is 19.4 Å². The van der Waals surface area contributed by atoms with Gasteiger partial charge in [-0.25, -0.2) is 0 Å². The first-order valence-corrected chi connectivity index (χ1v) is 7.47. The lowest BCUT2D eigenvalue weighted by Crippen LogP contribution is -2.48. The Kier molecular flexibility index (Phi) is 3.27. The molecule has 2 aliphatic heterocycles. The molecule has 2 saturated heterocycles. The van der Waals surface area contributed by atoms with E-state index in [1.54, 1.807) is 0 Å². The number of rotatable bonds is 1. The minimum atomic E-state index is -0.467. The summed E-state index contributed by atoms with van der Waals surface area (Å²) < 4.78 is 0. The van der Waals surface area contributed by atoms with Crippen molar-refractivity contribution >= 4 is 0 Å². The Morgan fingerprint density at radius 2 is 2.06 bits per heavy atom. The molecule has 3 aliphatic rings. The van der Waals surface area contributed by atoms with Crippen molar-refractivity contribution in [3.8, 4) is 0 Å². The molecule has 2 fully saturated rings. The van der Waals surface area contributed by atoms with E-state index in [2.05, 4.69) is 11.0 Å². The fraction of sp³-hybridized carbons (Fsp3) is 0.867. The van der Waals surface area contributed by atoms with Gasteiger partial charge in [0.2, 0.25) is 0 Å². The van der Waals surface area contributed by atoms with Crippen molar-refractivity contribution in [3.05, 3.63) is 11.6 Å². The fourth-order valence-corrected chi connectivity index (χ4v) is 4.06. The maximum absolute atomic E-state index is 11.1. The first-order chi connectivity index (χ1) is 8.31. The van der Waals surface area contributed by atoms with Gasteiger partial charge in [-0.3, -0.25) is 4.90 Å². The average Bonchev–Trinajstić information content (AvgIpc) is 2.58. The highest BCUT2D eigenvalue weighted by molar-refractivity contribution is 5.24. The highest BCUT2D eigenvalue weighted by Gasteiger charge is 2.48. The van der Waals surface area contributed by atoms with Gasteiger partial charge in [-0.15, -0.1) is 0 Å². The number of aliphatic hydroxyl groups is 1. The first kappa shape index (κ1) is 11.7. The van der Waals surface area contributed by atoms with E-state index in [4.69, 9.17) is 0 Å². The molecule has 0 radical (unpaired) electrons. The molecule has 0 aromatic carbocycles. The number of fused-ring (bicyclic) bond motifs is 1. The molecule has 1 N–H and O–H groups in total. The minimum Gasteiger partial charge on any atom is -0.384 e. The van der Waals surface area contributed by atoms with Crippen LogP contribution < -0.4 is 0 Å². The summed E-state index contributed by atoms with van der Waals surface area (Å²) in [6.45, 7) is 2.32. The smallest absolute Gasteiger partial charge is 0.102 e. The highest BCUT2D eigenvalue weighted by Crippen LogP contribution is 2.42. The third kappa shape index (κ3) is 2.06. The van der Waals surface area contributed by atoms with Crippen LogP contribution in [0.15, 0.2) is 11.6 Å². The van der Waals surface area contributed by atoms with Crippen molar-refractivity contribution in [1.82, 2.24) is 4.90 Å². The van der Waals surface area contributed by atoms with Crippen molar-refractivity contribution in [2.75, 3.05) is 13.1 Å². The van der Waals surface area contributed by atoms with E-state index in [1.165, 1.54) is 57.1 Å². The molecule has 2 heterocycles. The maximum atomic E-state index is 11.1. The summed E-state index contributed by atoms with van der Waals surface area (Å²) in [7, 11) is 0. The summed E-state index contributed by atoms with van der Waals surface area (Å²) in [4.78, 5) is 2.54. The van der Waals surface area contributed by atoms with Crippen molar-refractivity contribution < 1.29 is 5.11 Å². The summed E-state index contributed by atoms with van der Waals surface area (Å²) in [6.07, 6.45) is 13.4. The van der Waals surface area contributed by atoms with Gasteiger partial charge >= 0.3 is 0 Å². The summed E-state index contributed by atoms with van der Waals surface area (Å²) in [5.74, 6) is 0. The topological polar surface area (TPSA) is 23.5 Å². The van der Waals surface area contributed by atoms with E-state index in [1.807, 2.05) is 0 Å². The second-order valence-electron chi connectivity index (χ2n) is 6.05. The zero-order valence-electron chi connectivity index (χ0n) is 10.8. The van der Waals surface area contributed by atoms with E-state index in [0.29, 0.717) is 6.04 Å². The van der Waals surface area contributed by atoms with Crippen LogP contribution in [0.5, 0.6) is 0 Å². The first-order valence-electron chi connectivity index (χ1n) is 7.47. The van der Waals surface area contributed by atoms with E-state index in [9.17, 15) is 5.11 Å². The lowest BCUT2D eigenvalue weighted by molar-refractivity contribution is 0.0184. The molecule has 0 spiro atoms. The number of piperidine rings is 1. The largest absolute Gasteiger partial charge is 0.384 e. The monoisotopic (exact) mass is 235 g/mol. The predicted octanol–water partition coefficient (Wildman–Crippen LogP) is 2.87. The molecule has 0 aromatic rings. The summed E-state index contributed by atoms with van der Waals surface area (Å²) in [6, 6.07) is 0.431. The standard InChI is InChI=1S/C15H25NO/c17-15(13-7-3-1-2-4-8-13)10-12-16-11-6-5-9-14(15)16/h7,14,17H,1-6,8-12H2.